The Morgan fingerprint density at radius 1 is 1.42 bits per heavy atom. The van der Waals surface area contributed by atoms with Gasteiger partial charge in [0.2, 0.25) is 0 Å². The van der Waals surface area contributed by atoms with Crippen molar-refractivity contribution in [2.24, 2.45) is 4.99 Å². The molecule has 5 heteroatoms. The molecule has 0 radical (unpaired) electrons. The molecule has 1 heterocycles. The highest BCUT2D eigenvalue weighted by Crippen LogP contribution is 2.24. The van der Waals surface area contributed by atoms with E-state index in [1.165, 1.54) is 24.4 Å². The molecule has 0 aromatic heterocycles. The largest absolute Gasteiger partial charge is 0.375 e. The highest BCUT2D eigenvalue weighted by atomic mass is 19.1. The smallest absolute Gasteiger partial charge is 0.135 e. The van der Waals surface area contributed by atoms with E-state index in [0.29, 0.717) is 19.6 Å². The van der Waals surface area contributed by atoms with E-state index in [9.17, 15) is 8.78 Å². The first-order valence-corrected chi connectivity index (χ1v) is 7.92. The van der Waals surface area contributed by atoms with Gasteiger partial charge in [-0.05, 0) is 31.6 Å². The number of aliphatic imine (C=N–C) groups is 1. The number of morpholine rings is 1. The van der Waals surface area contributed by atoms with Gasteiger partial charge in [0.15, 0.2) is 0 Å². The van der Waals surface area contributed by atoms with Crippen molar-refractivity contribution in [3.8, 4) is 0 Å². The maximum Gasteiger partial charge on any atom is 0.135 e. The van der Waals surface area contributed by atoms with Crippen LogP contribution in [0.4, 0.5) is 8.78 Å². The Kier molecular flexibility index (Phi) is 7.03. The molecular formula is C19H22F2N2O. The number of benzene rings is 1. The Morgan fingerprint density at radius 2 is 2.17 bits per heavy atom. The molecule has 128 valence electrons. The maximum absolute atomic E-state index is 14.1. The number of hydrogen-bond donors (Lipinski definition) is 1. The second kappa shape index (κ2) is 9.25. The number of nitrogens with one attached hydrogen (secondary N) is 1. The fraction of sp³-hybridized carbons (Fsp3) is 0.316. The number of hydrogen-bond acceptors (Lipinski definition) is 3. The summed E-state index contributed by atoms with van der Waals surface area (Å²) in [5, 5.41) is 3.23. The average molecular weight is 332 g/mol. The van der Waals surface area contributed by atoms with Crippen LogP contribution in [-0.4, -0.2) is 32.0 Å². The summed E-state index contributed by atoms with van der Waals surface area (Å²) in [6.45, 7) is 7.68. The van der Waals surface area contributed by atoms with Crippen LogP contribution >= 0.6 is 0 Å². The fourth-order valence-corrected chi connectivity index (χ4v) is 2.28. The van der Waals surface area contributed by atoms with Crippen LogP contribution in [0.2, 0.25) is 0 Å². The zero-order chi connectivity index (χ0) is 17.4. The first kappa shape index (κ1) is 18.2. The summed E-state index contributed by atoms with van der Waals surface area (Å²) in [6.07, 6.45) is 7.15. The number of halogens is 2. The van der Waals surface area contributed by atoms with Gasteiger partial charge in [0, 0.05) is 19.3 Å². The number of rotatable bonds is 6. The lowest BCUT2D eigenvalue weighted by Gasteiger charge is -2.22. The molecular weight excluding hydrogens is 310 g/mol. The molecule has 0 saturated carbocycles. The highest BCUT2D eigenvalue weighted by Gasteiger charge is 2.15. The predicted octanol–water partition coefficient (Wildman–Crippen LogP) is 3.89. The van der Waals surface area contributed by atoms with Crippen molar-refractivity contribution in [3.05, 3.63) is 65.8 Å². The van der Waals surface area contributed by atoms with Gasteiger partial charge in [-0.25, -0.2) is 8.78 Å². The predicted molar refractivity (Wildman–Crippen MR) is 94.0 cm³/mol. The van der Waals surface area contributed by atoms with Crippen molar-refractivity contribution in [2.45, 2.75) is 19.4 Å². The summed E-state index contributed by atoms with van der Waals surface area (Å²) < 4.78 is 33.8. The minimum Gasteiger partial charge on any atom is -0.375 e. The van der Waals surface area contributed by atoms with Crippen LogP contribution in [-0.2, 0) is 4.74 Å². The first-order chi connectivity index (χ1) is 11.6. The lowest BCUT2D eigenvalue weighted by atomic mass is 10.1. The van der Waals surface area contributed by atoms with Gasteiger partial charge in [-0.3, -0.25) is 4.99 Å². The molecule has 1 aromatic carbocycles. The second-order valence-corrected chi connectivity index (χ2v) is 5.51. The van der Waals surface area contributed by atoms with E-state index in [-0.39, 0.29) is 17.4 Å². The van der Waals surface area contributed by atoms with Crippen LogP contribution < -0.4 is 5.32 Å². The van der Waals surface area contributed by atoms with Gasteiger partial charge >= 0.3 is 0 Å². The molecule has 0 amide bonds. The Bertz CT molecular complexity index is 639. The summed E-state index contributed by atoms with van der Waals surface area (Å²) >= 11 is 0. The molecule has 1 aliphatic rings. The van der Waals surface area contributed by atoms with E-state index < -0.39 is 11.6 Å². The van der Waals surface area contributed by atoms with E-state index in [0.717, 1.165) is 12.1 Å². The van der Waals surface area contributed by atoms with E-state index in [4.69, 9.17) is 4.74 Å². The van der Waals surface area contributed by atoms with Gasteiger partial charge < -0.3 is 10.1 Å². The molecule has 1 N–H and O–H groups in total. The molecule has 24 heavy (non-hydrogen) atoms. The molecule has 2 rings (SSSR count). The third-order valence-corrected chi connectivity index (χ3v) is 3.67. The second-order valence-electron chi connectivity index (χ2n) is 5.51. The number of nitrogens with zero attached hydrogens (tertiary/aromatic N) is 1. The minimum absolute atomic E-state index is 0.0239. The highest BCUT2D eigenvalue weighted by molar-refractivity contribution is 5.81. The van der Waals surface area contributed by atoms with E-state index in [1.54, 1.807) is 18.2 Å². The lowest BCUT2D eigenvalue weighted by Crippen LogP contribution is -2.38. The monoisotopic (exact) mass is 332 g/mol. The third-order valence-electron chi connectivity index (χ3n) is 3.67. The van der Waals surface area contributed by atoms with Crippen LogP contribution in [0.1, 0.15) is 18.9 Å². The van der Waals surface area contributed by atoms with E-state index in [1.807, 2.05) is 6.92 Å². The average Bonchev–Trinajstić information content (AvgIpc) is 2.59. The Hall–Kier alpha value is -2.11. The van der Waals surface area contributed by atoms with Crippen LogP contribution in [0.3, 0.4) is 0 Å². The van der Waals surface area contributed by atoms with E-state index in [2.05, 4.69) is 16.9 Å². The summed E-state index contributed by atoms with van der Waals surface area (Å²) in [6, 6.07) is 3.79. The summed E-state index contributed by atoms with van der Waals surface area (Å²) in [4.78, 5) is 4.24. The van der Waals surface area contributed by atoms with Crippen molar-refractivity contribution < 1.29 is 13.5 Å². The zero-order valence-corrected chi connectivity index (χ0v) is 13.8. The lowest BCUT2D eigenvalue weighted by molar-refractivity contribution is 0.0309. The molecule has 3 nitrogen and oxygen atoms in total. The first-order valence-electron chi connectivity index (χ1n) is 7.92. The Balaban J connectivity index is 2.28. The number of allylic oxidation sites excluding steroid dienone is 3. The standard InChI is InChI=1S/C19H22F2N2O/c1-3-14(2)9-10-23-18(8-7-15-13-22-11-12-24-15)19-16(20)5-4-6-17(19)21/h3-6,8-10,15,22H,1,7,11-13H2,2H3/b14-9-,18-8+,23-10+/t15-/m0/s1. The van der Waals surface area contributed by atoms with Crippen LogP contribution in [0.15, 0.2) is 53.6 Å². The molecule has 1 aliphatic heterocycles. The molecule has 1 fully saturated rings. The van der Waals surface area contributed by atoms with Crippen molar-refractivity contribution >= 4 is 11.9 Å². The van der Waals surface area contributed by atoms with Gasteiger partial charge in [-0.1, -0.05) is 30.4 Å². The van der Waals surface area contributed by atoms with Gasteiger partial charge in [0.25, 0.3) is 0 Å². The topological polar surface area (TPSA) is 33.6 Å². The fourth-order valence-electron chi connectivity index (χ4n) is 2.28. The van der Waals surface area contributed by atoms with Crippen LogP contribution in [0.25, 0.3) is 5.70 Å². The van der Waals surface area contributed by atoms with Crippen LogP contribution in [0.5, 0.6) is 0 Å². The molecule has 0 aliphatic carbocycles. The van der Waals surface area contributed by atoms with E-state index >= 15 is 0 Å². The molecule has 0 unspecified atom stereocenters. The number of ether oxygens (including phenoxy) is 1. The minimum atomic E-state index is -0.634. The third kappa shape index (κ3) is 5.22. The zero-order valence-electron chi connectivity index (χ0n) is 13.8. The van der Waals surface area contributed by atoms with Crippen molar-refractivity contribution in [3.63, 3.8) is 0 Å². The molecule has 1 aromatic rings. The maximum atomic E-state index is 14.1. The van der Waals surface area contributed by atoms with Gasteiger partial charge in [0.1, 0.15) is 11.6 Å². The summed E-state index contributed by atoms with van der Waals surface area (Å²) in [5.41, 5.74) is 1.04. The normalized spacial score (nSPS) is 19.7. The molecule has 0 bridgehead atoms. The molecule has 1 saturated heterocycles. The SMILES string of the molecule is C=C\C(C)=C/C=N/C(=C/C[C@H]1CNCCO1)c1c(F)cccc1F. The molecule has 0 spiro atoms. The quantitative estimate of drug-likeness (QED) is 0.633. The van der Waals surface area contributed by atoms with Crippen molar-refractivity contribution in [1.29, 1.82) is 0 Å². The van der Waals surface area contributed by atoms with Crippen molar-refractivity contribution in [2.75, 3.05) is 19.7 Å². The van der Waals surface area contributed by atoms with Crippen LogP contribution in [0, 0.1) is 11.6 Å². The molecule has 1 atom stereocenters. The Morgan fingerprint density at radius 3 is 2.79 bits per heavy atom. The van der Waals surface area contributed by atoms with Gasteiger partial charge in [0.05, 0.1) is 24.0 Å². The van der Waals surface area contributed by atoms with Gasteiger partial charge in [-0.15, -0.1) is 0 Å². The summed E-state index contributed by atoms with van der Waals surface area (Å²) in [5.74, 6) is -1.27. The van der Waals surface area contributed by atoms with Crippen molar-refractivity contribution in [1.82, 2.24) is 5.32 Å². The van der Waals surface area contributed by atoms with Gasteiger partial charge in [-0.2, -0.15) is 0 Å². The Labute approximate surface area is 141 Å². The summed E-state index contributed by atoms with van der Waals surface area (Å²) in [7, 11) is 0.